The maximum absolute atomic E-state index is 12.3. The molecule has 6 heteroatoms. The maximum atomic E-state index is 12.3. The highest BCUT2D eigenvalue weighted by atomic mass is 16.5. The highest BCUT2D eigenvalue weighted by Crippen LogP contribution is 2.29. The number of nitrogens with zero attached hydrogens (tertiary/aromatic N) is 2. The van der Waals surface area contributed by atoms with E-state index >= 15 is 0 Å². The molecular formula is C28H33N3O3. The zero-order chi connectivity index (χ0) is 23.8. The second-order valence-corrected chi connectivity index (χ2v) is 8.86. The minimum Gasteiger partial charge on any atom is -0.493 e. The Hall–Kier alpha value is -3.54. The van der Waals surface area contributed by atoms with Crippen molar-refractivity contribution in [3.05, 3.63) is 78.4 Å². The molecule has 3 aromatic rings. The Kier molecular flexibility index (Phi) is 8.02. The van der Waals surface area contributed by atoms with Crippen molar-refractivity contribution in [2.24, 2.45) is 5.92 Å². The molecule has 2 aromatic carbocycles. The number of ether oxygens (including phenoxy) is 2. The van der Waals surface area contributed by atoms with Crippen LogP contribution in [0.15, 0.2) is 67.0 Å². The standard InChI is InChI=1S/C28H33N3O3/c1-21-8-12-23(13-9-21)30-28(32)15-11-22-10-14-25(26(20-22)33-2)34-19-16-27-29-17-18-31(27)24-6-4-3-5-7-24/h3-7,10-11,14-15,17-18,20-21,23H,8-9,12-13,16,19H2,1-2H3,(H,30,32). The smallest absolute Gasteiger partial charge is 0.244 e. The van der Waals surface area contributed by atoms with E-state index in [4.69, 9.17) is 9.47 Å². The second kappa shape index (κ2) is 11.5. The van der Waals surface area contributed by atoms with Crippen LogP contribution in [0.2, 0.25) is 0 Å². The van der Waals surface area contributed by atoms with Crippen molar-refractivity contribution in [2.45, 2.75) is 45.1 Å². The van der Waals surface area contributed by atoms with Gasteiger partial charge in [-0.2, -0.15) is 0 Å². The van der Waals surface area contributed by atoms with Crippen LogP contribution in [0, 0.1) is 5.92 Å². The van der Waals surface area contributed by atoms with Crippen molar-refractivity contribution in [1.29, 1.82) is 0 Å². The molecule has 178 valence electrons. The van der Waals surface area contributed by atoms with E-state index in [-0.39, 0.29) is 11.9 Å². The summed E-state index contributed by atoms with van der Waals surface area (Å²) in [6.07, 6.45) is 12.3. The Morgan fingerprint density at radius 2 is 1.91 bits per heavy atom. The van der Waals surface area contributed by atoms with Crippen LogP contribution in [0.1, 0.15) is 44.0 Å². The molecule has 0 saturated heterocycles. The summed E-state index contributed by atoms with van der Waals surface area (Å²) in [4.78, 5) is 16.8. The number of hydrogen-bond acceptors (Lipinski definition) is 4. The largest absolute Gasteiger partial charge is 0.493 e. The number of methoxy groups -OCH3 is 1. The molecule has 1 aromatic heterocycles. The van der Waals surface area contributed by atoms with E-state index in [0.717, 1.165) is 35.8 Å². The van der Waals surface area contributed by atoms with Crippen molar-refractivity contribution < 1.29 is 14.3 Å². The monoisotopic (exact) mass is 459 g/mol. The van der Waals surface area contributed by atoms with Gasteiger partial charge in [0, 0.05) is 36.6 Å². The number of rotatable bonds is 9. The van der Waals surface area contributed by atoms with Gasteiger partial charge in [-0.05, 0) is 67.5 Å². The van der Waals surface area contributed by atoms with Crippen molar-refractivity contribution in [3.63, 3.8) is 0 Å². The van der Waals surface area contributed by atoms with Crippen LogP contribution in [0.5, 0.6) is 11.5 Å². The van der Waals surface area contributed by atoms with Crippen LogP contribution < -0.4 is 14.8 Å². The summed E-state index contributed by atoms with van der Waals surface area (Å²) >= 11 is 0. The fourth-order valence-electron chi connectivity index (χ4n) is 4.33. The van der Waals surface area contributed by atoms with Crippen LogP contribution in [0.3, 0.4) is 0 Å². The van der Waals surface area contributed by atoms with Gasteiger partial charge in [0.05, 0.1) is 13.7 Å². The summed E-state index contributed by atoms with van der Waals surface area (Å²) in [5.41, 5.74) is 1.96. The first kappa shape index (κ1) is 23.6. The first-order valence-corrected chi connectivity index (χ1v) is 12.0. The molecule has 1 N–H and O–H groups in total. The summed E-state index contributed by atoms with van der Waals surface area (Å²) in [5.74, 6) is 2.95. The molecule has 0 unspecified atom stereocenters. The Morgan fingerprint density at radius 3 is 2.68 bits per heavy atom. The van der Waals surface area contributed by atoms with Crippen LogP contribution >= 0.6 is 0 Å². The first-order chi connectivity index (χ1) is 16.6. The summed E-state index contributed by atoms with van der Waals surface area (Å²) < 4.78 is 13.6. The van der Waals surface area contributed by atoms with E-state index in [2.05, 4.69) is 33.9 Å². The molecule has 0 bridgehead atoms. The zero-order valence-corrected chi connectivity index (χ0v) is 19.9. The number of benzene rings is 2. The maximum Gasteiger partial charge on any atom is 0.244 e. The quantitative estimate of drug-likeness (QED) is 0.446. The number of aromatic nitrogens is 2. The van der Waals surface area contributed by atoms with Crippen LogP contribution in [0.25, 0.3) is 11.8 Å². The fraction of sp³-hybridized carbons (Fsp3) is 0.357. The summed E-state index contributed by atoms with van der Waals surface area (Å²) in [5, 5.41) is 3.12. The third-order valence-electron chi connectivity index (χ3n) is 6.31. The molecule has 1 fully saturated rings. The summed E-state index contributed by atoms with van der Waals surface area (Å²) in [7, 11) is 1.62. The van der Waals surface area contributed by atoms with Gasteiger partial charge >= 0.3 is 0 Å². The Labute approximate surface area is 201 Å². The van der Waals surface area contributed by atoms with E-state index in [0.29, 0.717) is 24.5 Å². The Morgan fingerprint density at radius 1 is 1.12 bits per heavy atom. The topological polar surface area (TPSA) is 65.4 Å². The highest BCUT2D eigenvalue weighted by Gasteiger charge is 2.18. The lowest BCUT2D eigenvalue weighted by atomic mass is 9.87. The van der Waals surface area contributed by atoms with E-state index in [1.165, 1.54) is 12.8 Å². The van der Waals surface area contributed by atoms with Crippen LogP contribution in [0.4, 0.5) is 0 Å². The predicted molar refractivity (Wildman–Crippen MR) is 134 cm³/mol. The number of imidazole rings is 1. The third kappa shape index (κ3) is 6.28. The SMILES string of the molecule is COc1cc(C=CC(=O)NC2CCC(C)CC2)ccc1OCCc1nccn1-c1ccccc1. The molecule has 6 nitrogen and oxygen atoms in total. The predicted octanol–water partition coefficient (Wildman–Crippen LogP) is 5.21. The lowest BCUT2D eigenvalue weighted by Gasteiger charge is -2.26. The van der Waals surface area contributed by atoms with Gasteiger partial charge in [0.1, 0.15) is 5.82 Å². The fourth-order valence-corrected chi connectivity index (χ4v) is 4.33. The molecular weight excluding hydrogens is 426 g/mol. The van der Waals surface area contributed by atoms with Gasteiger partial charge in [-0.15, -0.1) is 0 Å². The number of carbonyl (C=O) groups is 1. The van der Waals surface area contributed by atoms with Crippen molar-refractivity contribution >= 4 is 12.0 Å². The minimum atomic E-state index is -0.0484. The summed E-state index contributed by atoms with van der Waals surface area (Å²) in [6.45, 7) is 2.75. The number of carbonyl (C=O) groups excluding carboxylic acids is 1. The molecule has 0 radical (unpaired) electrons. The van der Waals surface area contributed by atoms with E-state index in [1.54, 1.807) is 19.4 Å². The summed E-state index contributed by atoms with van der Waals surface area (Å²) in [6, 6.07) is 16.1. The number of para-hydroxylation sites is 1. The first-order valence-electron chi connectivity index (χ1n) is 12.0. The van der Waals surface area contributed by atoms with Crippen molar-refractivity contribution in [2.75, 3.05) is 13.7 Å². The van der Waals surface area contributed by atoms with Gasteiger partial charge in [0.25, 0.3) is 0 Å². The van der Waals surface area contributed by atoms with Crippen molar-refractivity contribution in [1.82, 2.24) is 14.9 Å². The van der Waals surface area contributed by atoms with Crippen LogP contribution in [-0.4, -0.2) is 35.2 Å². The molecule has 1 amide bonds. The molecule has 4 rings (SSSR count). The van der Waals surface area contributed by atoms with E-state index in [9.17, 15) is 4.79 Å². The lowest BCUT2D eigenvalue weighted by Crippen LogP contribution is -2.36. The molecule has 1 heterocycles. The molecule has 1 aliphatic rings. The van der Waals surface area contributed by atoms with Gasteiger partial charge in [0.2, 0.25) is 5.91 Å². The average Bonchev–Trinajstić information content (AvgIpc) is 3.34. The van der Waals surface area contributed by atoms with E-state index in [1.807, 2.05) is 48.7 Å². The van der Waals surface area contributed by atoms with Gasteiger partial charge in [-0.3, -0.25) is 4.79 Å². The van der Waals surface area contributed by atoms with Gasteiger partial charge in [-0.1, -0.05) is 31.2 Å². The molecule has 0 spiro atoms. The van der Waals surface area contributed by atoms with Gasteiger partial charge in [0.15, 0.2) is 11.5 Å². The molecule has 1 aliphatic carbocycles. The molecule has 34 heavy (non-hydrogen) atoms. The average molecular weight is 460 g/mol. The van der Waals surface area contributed by atoms with E-state index < -0.39 is 0 Å². The van der Waals surface area contributed by atoms with Gasteiger partial charge in [-0.25, -0.2) is 4.98 Å². The Balaban J connectivity index is 1.32. The third-order valence-corrected chi connectivity index (χ3v) is 6.31. The van der Waals surface area contributed by atoms with Crippen molar-refractivity contribution in [3.8, 4) is 17.2 Å². The number of hydrogen-bond donors (Lipinski definition) is 1. The Bertz CT molecular complexity index is 1100. The minimum absolute atomic E-state index is 0.0484. The highest BCUT2D eigenvalue weighted by molar-refractivity contribution is 5.92. The molecule has 0 aliphatic heterocycles. The normalized spacial score (nSPS) is 18.1. The van der Waals surface area contributed by atoms with Gasteiger partial charge < -0.3 is 19.4 Å². The molecule has 1 saturated carbocycles. The van der Waals surface area contributed by atoms with Crippen LogP contribution in [-0.2, 0) is 11.2 Å². The number of nitrogens with one attached hydrogen (secondary N) is 1. The lowest BCUT2D eigenvalue weighted by molar-refractivity contribution is -0.117. The zero-order valence-electron chi connectivity index (χ0n) is 19.9. The molecule has 0 atom stereocenters. The number of amides is 1. The second-order valence-electron chi connectivity index (χ2n) is 8.86.